The molecule has 0 heterocycles. The maximum Gasteiger partial charge on any atom is 0.472 e. The molecule has 350 valence electrons. The van der Waals surface area contributed by atoms with Gasteiger partial charge in [0.25, 0.3) is 0 Å². The van der Waals surface area contributed by atoms with Crippen LogP contribution in [-0.2, 0) is 32.7 Å². The summed E-state index contributed by atoms with van der Waals surface area (Å²) in [7, 11) is -5.13. The Hall–Kier alpha value is -2.71. The van der Waals surface area contributed by atoms with Crippen LogP contribution in [-0.4, -0.2) is 98.3 Å². The molecule has 0 saturated heterocycles. The second kappa shape index (κ2) is 36.7. The average Bonchev–Trinajstić information content (AvgIpc) is 3.24. The molecule has 1 aliphatic rings. The van der Waals surface area contributed by atoms with Gasteiger partial charge in [-0.05, 0) is 57.8 Å². The molecule has 0 radical (unpaired) electrons. The highest BCUT2D eigenvalue weighted by atomic mass is 31.2. The predicted octanol–water partition coefficient (Wildman–Crippen LogP) is 8.72. The maximum atomic E-state index is 12.8. The van der Waals surface area contributed by atoms with Gasteiger partial charge >= 0.3 is 19.8 Å². The first-order chi connectivity index (χ1) is 29.4. The van der Waals surface area contributed by atoms with Crippen molar-refractivity contribution in [3.05, 3.63) is 72.9 Å². The molecule has 1 fully saturated rings. The lowest BCUT2D eigenvalue weighted by molar-refractivity contribution is -0.220. The molecule has 1 rings (SSSR count). The van der Waals surface area contributed by atoms with Crippen molar-refractivity contribution in [1.82, 2.24) is 0 Å². The van der Waals surface area contributed by atoms with Gasteiger partial charge in [-0.1, -0.05) is 157 Å². The molecule has 1 saturated carbocycles. The van der Waals surface area contributed by atoms with E-state index in [4.69, 9.17) is 18.5 Å². The Morgan fingerprint density at radius 2 is 0.934 bits per heavy atom. The maximum absolute atomic E-state index is 12.8. The van der Waals surface area contributed by atoms with Gasteiger partial charge < -0.3 is 39.9 Å². The molecule has 1 aliphatic carbocycles. The number of phosphoric ester groups is 1. The third-order valence-corrected chi connectivity index (χ3v) is 11.1. The van der Waals surface area contributed by atoms with Gasteiger partial charge in [0, 0.05) is 12.8 Å². The molecule has 0 amide bonds. The standard InChI is InChI=1S/C47H79O13P/c1-3-5-7-9-11-13-15-17-18-19-20-21-22-24-25-27-29-31-33-35-40(48)57-37-39(38-58-61(55,56)60-47-45(53)43(51)42(50)44(52)46(47)54)59-41(49)36-34-32-30-28-26-23-16-14-12-10-8-6-4-2/h6,8,10-17,23,26,39,42-47,50-54H,3-5,7,9,18-22,24-25,27-38H2,1-2H3,(H,55,56)/b8-6+,12-10+,13-11+,16-14+,17-15+,26-23+/t39?,42?,43-,44?,45?,46?,47?/m0/s1. The Bertz CT molecular complexity index is 1340. The number of aliphatic hydroxyl groups excluding tert-OH is 5. The lowest BCUT2D eigenvalue weighted by Crippen LogP contribution is -2.64. The molecular formula is C47H79O13P. The molecular weight excluding hydrogens is 803 g/mol. The average molecular weight is 883 g/mol. The van der Waals surface area contributed by atoms with E-state index in [1.807, 2.05) is 42.5 Å². The molecule has 61 heavy (non-hydrogen) atoms. The topological polar surface area (TPSA) is 210 Å². The van der Waals surface area contributed by atoms with E-state index in [1.54, 1.807) is 0 Å². The first-order valence-electron chi connectivity index (χ1n) is 22.8. The number of hydrogen-bond acceptors (Lipinski definition) is 12. The molecule has 0 spiro atoms. The minimum atomic E-state index is -5.13. The fraction of sp³-hybridized carbons (Fsp3) is 0.702. The van der Waals surface area contributed by atoms with Gasteiger partial charge in [-0.25, -0.2) is 4.57 Å². The van der Waals surface area contributed by atoms with Crippen LogP contribution in [0.5, 0.6) is 0 Å². The molecule has 0 bridgehead atoms. The molecule has 13 nitrogen and oxygen atoms in total. The number of carbonyl (C=O) groups excluding carboxylic acids is 2. The van der Waals surface area contributed by atoms with E-state index in [-0.39, 0.29) is 12.8 Å². The molecule has 7 unspecified atom stereocenters. The van der Waals surface area contributed by atoms with Crippen molar-refractivity contribution in [1.29, 1.82) is 0 Å². The first kappa shape index (κ1) is 56.3. The lowest BCUT2D eigenvalue weighted by atomic mass is 9.85. The Labute approximate surface area is 365 Å². The van der Waals surface area contributed by atoms with Crippen LogP contribution in [0.15, 0.2) is 72.9 Å². The van der Waals surface area contributed by atoms with Gasteiger partial charge in [-0.15, -0.1) is 0 Å². The zero-order valence-corrected chi connectivity index (χ0v) is 37.8. The van der Waals surface area contributed by atoms with Gasteiger partial charge in [0.05, 0.1) is 6.61 Å². The van der Waals surface area contributed by atoms with Crippen molar-refractivity contribution in [2.24, 2.45) is 0 Å². The Balaban J connectivity index is 2.46. The van der Waals surface area contributed by atoms with Gasteiger partial charge in [0.2, 0.25) is 0 Å². The molecule has 14 heteroatoms. The summed E-state index contributed by atoms with van der Waals surface area (Å²) >= 11 is 0. The number of unbranched alkanes of at least 4 members (excludes halogenated alkanes) is 16. The number of esters is 2. The second-order valence-corrected chi connectivity index (χ2v) is 17.0. The Morgan fingerprint density at radius 1 is 0.525 bits per heavy atom. The van der Waals surface area contributed by atoms with Gasteiger partial charge in [-0.3, -0.25) is 18.6 Å². The highest BCUT2D eigenvalue weighted by Gasteiger charge is 2.51. The number of rotatable bonds is 36. The van der Waals surface area contributed by atoms with E-state index in [1.165, 1.54) is 51.4 Å². The summed E-state index contributed by atoms with van der Waals surface area (Å²) in [4.78, 5) is 35.7. The number of aliphatic hydroxyl groups is 5. The molecule has 0 aliphatic heterocycles. The zero-order valence-electron chi connectivity index (χ0n) is 36.9. The summed E-state index contributed by atoms with van der Waals surface area (Å²) in [5, 5.41) is 50.1. The van der Waals surface area contributed by atoms with Crippen molar-refractivity contribution in [3.8, 4) is 0 Å². The SMILES string of the molecule is CC/C=C/C=C/C=C/C=C/CCCCCC(=O)OC(COC(=O)CCCCCCCCCCCC/C=C/C=C/CCCCC)COP(=O)(O)OC1C(O)C(O)C(O)[C@H](O)C1O. The number of allylic oxidation sites excluding steroid dienone is 12. The van der Waals surface area contributed by atoms with Crippen LogP contribution < -0.4 is 0 Å². The van der Waals surface area contributed by atoms with Crippen LogP contribution in [0.25, 0.3) is 0 Å². The molecule has 0 aromatic heterocycles. The van der Waals surface area contributed by atoms with E-state index in [0.29, 0.717) is 12.8 Å². The molecule has 8 atom stereocenters. The van der Waals surface area contributed by atoms with Crippen LogP contribution in [0.3, 0.4) is 0 Å². The first-order valence-corrected chi connectivity index (χ1v) is 24.3. The van der Waals surface area contributed by atoms with Gasteiger partial charge in [0.15, 0.2) is 6.10 Å². The van der Waals surface area contributed by atoms with E-state index in [9.17, 15) is 44.6 Å². The van der Waals surface area contributed by atoms with Crippen LogP contribution in [0.4, 0.5) is 0 Å². The van der Waals surface area contributed by atoms with Crippen molar-refractivity contribution >= 4 is 19.8 Å². The highest BCUT2D eigenvalue weighted by Crippen LogP contribution is 2.47. The summed E-state index contributed by atoms with van der Waals surface area (Å²) < 4.78 is 33.4. The van der Waals surface area contributed by atoms with Gasteiger partial charge in [0.1, 0.15) is 43.2 Å². The van der Waals surface area contributed by atoms with Crippen molar-refractivity contribution in [2.75, 3.05) is 13.2 Å². The van der Waals surface area contributed by atoms with E-state index >= 15 is 0 Å². The third kappa shape index (κ3) is 29.3. The van der Waals surface area contributed by atoms with Crippen molar-refractivity contribution in [2.45, 2.75) is 198 Å². The van der Waals surface area contributed by atoms with Gasteiger partial charge in [-0.2, -0.15) is 0 Å². The minimum absolute atomic E-state index is 0.0466. The number of ether oxygens (including phenoxy) is 2. The van der Waals surface area contributed by atoms with Crippen molar-refractivity contribution in [3.63, 3.8) is 0 Å². The molecule has 0 aromatic rings. The van der Waals surface area contributed by atoms with E-state index < -0.39 is 75.7 Å². The summed E-state index contributed by atoms with van der Waals surface area (Å²) in [5.74, 6) is -1.16. The summed E-state index contributed by atoms with van der Waals surface area (Å²) in [6, 6.07) is 0. The lowest BCUT2D eigenvalue weighted by Gasteiger charge is -2.41. The largest absolute Gasteiger partial charge is 0.472 e. The second-order valence-electron chi connectivity index (χ2n) is 15.6. The summed E-state index contributed by atoms with van der Waals surface area (Å²) in [5.41, 5.74) is 0. The number of phosphoric acid groups is 1. The number of hydrogen-bond donors (Lipinski definition) is 6. The van der Waals surface area contributed by atoms with E-state index in [0.717, 1.165) is 64.2 Å². The number of carbonyl (C=O) groups is 2. The summed E-state index contributed by atoms with van der Waals surface area (Å²) in [6.45, 7) is 3.08. The highest BCUT2D eigenvalue weighted by molar-refractivity contribution is 7.47. The van der Waals surface area contributed by atoms with Crippen molar-refractivity contribution < 1.29 is 63.1 Å². The predicted molar refractivity (Wildman–Crippen MR) is 239 cm³/mol. The minimum Gasteiger partial charge on any atom is -0.462 e. The Morgan fingerprint density at radius 3 is 1.46 bits per heavy atom. The van der Waals surface area contributed by atoms with Crippen LogP contribution in [0.1, 0.15) is 155 Å². The summed E-state index contributed by atoms with van der Waals surface area (Å²) in [6.07, 6.45) is 32.5. The van der Waals surface area contributed by atoms with E-state index in [2.05, 4.69) is 44.2 Å². The van der Waals surface area contributed by atoms with Crippen LogP contribution in [0.2, 0.25) is 0 Å². The normalized spacial score (nSPS) is 22.7. The fourth-order valence-electron chi connectivity index (χ4n) is 6.46. The Kier molecular flexibility index (Phi) is 33.9. The molecule has 6 N–H and O–H groups in total. The smallest absolute Gasteiger partial charge is 0.462 e. The van der Waals surface area contributed by atoms with Crippen LogP contribution in [0, 0.1) is 0 Å². The third-order valence-electron chi connectivity index (χ3n) is 10.2. The quantitative estimate of drug-likeness (QED) is 0.0151. The zero-order chi connectivity index (χ0) is 45.0. The monoisotopic (exact) mass is 883 g/mol. The fourth-order valence-corrected chi connectivity index (χ4v) is 7.44. The van der Waals surface area contributed by atoms with Crippen LogP contribution >= 0.6 is 7.82 Å². The molecule has 0 aromatic carbocycles.